The average molecular weight is 311 g/mol. The number of hydrogen-bond acceptors (Lipinski definition) is 1. The Balaban J connectivity index is 3.26. The molecule has 0 saturated carbocycles. The van der Waals surface area contributed by atoms with Crippen LogP contribution in [0.2, 0.25) is 0 Å². The second-order valence-electron chi connectivity index (χ2n) is 6.70. The van der Waals surface area contributed by atoms with Crippen molar-refractivity contribution in [3.8, 4) is 0 Å². The van der Waals surface area contributed by atoms with Crippen molar-refractivity contribution in [3.63, 3.8) is 0 Å². The summed E-state index contributed by atoms with van der Waals surface area (Å²) in [6.45, 7) is 4.56. The molecule has 22 heavy (non-hydrogen) atoms. The molecular weight excluding hydrogens is 272 g/mol. The first-order chi connectivity index (χ1) is 10.7. The molecule has 0 fully saturated rings. The number of carboxylic acid groups (broad SMARTS) is 1. The molecule has 0 amide bonds. The molecule has 0 saturated heterocycles. The predicted molar refractivity (Wildman–Crippen MR) is 96.3 cm³/mol. The molecule has 0 aromatic heterocycles. The van der Waals surface area contributed by atoms with E-state index in [2.05, 4.69) is 26.0 Å². The first-order valence-electron chi connectivity index (χ1n) is 9.53. The van der Waals surface area contributed by atoms with Crippen molar-refractivity contribution in [2.75, 3.05) is 0 Å². The maximum atomic E-state index is 10.4. The zero-order valence-electron chi connectivity index (χ0n) is 15.0. The van der Waals surface area contributed by atoms with Crippen LogP contribution in [0.5, 0.6) is 0 Å². The van der Waals surface area contributed by atoms with Gasteiger partial charge in [0.15, 0.2) is 0 Å². The van der Waals surface area contributed by atoms with Crippen LogP contribution in [0.25, 0.3) is 0 Å². The minimum absolute atomic E-state index is 0.327. The van der Waals surface area contributed by atoms with Gasteiger partial charge in [0.05, 0.1) is 0 Å². The van der Waals surface area contributed by atoms with E-state index in [9.17, 15) is 4.79 Å². The molecule has 0 heterocycles. The highest BCUT2D eigenvalue weighted by Gasteiger charge is 2.02. The van der Waals surface area contributed by atoms with E-state index in [1.165, 1.54) is 70.6 Å². The molecule has 2 heteroatoms. The Bertz CT molecular complexity index is 271. The molecule has 0 aliphatic rings. The van der Waals surface area contributed by atoms with Gasteiger partial charge in [-0.1, -0.05) is 77.4 Å². The molecule has 0 aliphatic carbocycles. The Hall–Kier alpha value is -0.790. The second kappa shape index (κ2) is 16.6. The van der Waals surface area contributed by atoms with Gasteiger partial charge in [-0.2, -0.15) is 0 Å². The van der Waals surface area contributed by atoms with E-state index in [-0.39, 0.29) is 0 Å². The standard InChI is InChI=1S/C20H38O2/c1-3-4-5-6-7-8-9-10-11-12-13-16-19(2)17-14-15-18-20(21)22/h10-11,19H,3-9,12-18H2,1-2H3,(H,21,22). The smallest absolute Gasteiger partial charge is 0.303 e. The molecule has 1 N–H and O–H groups in total. The van der Waals surface area contributed by atoms with Gasteiger partial charge >= 0.3 is 5.97 Å². The summed E-state index contributed by atoms with van der Waals surface area (Å²) in [5.74, 6) is 0.0731. The van der Waals surface area contributed by atoms with E-state index in [0.29, 0.717) is 6.42 Å². The van der Waals surface area contributed by atoms with E-state index in [1.54, 1.807) is 0 Å². The topological polar surface area (TPSA) is 37.3 Å². The quantitative estimate of drug-likeness (QED) is 0.253. The fourth-order valence-electron chi connectivity index (χ4n) is 2.78. The molecule has 0 bridgehead atoms. The van der Waals surface area contributed by atoms with E-state index in [1.807, 2.05) is 0 Å². The number of carboxylic acids is 1. The van der Waals surface area contributed by atoms with E-state index in [4.69, 9.17) is 5.11 Å². The minimum atomic E-state index is -0.664. The molecule has 0 rings (SSSR count). The molecule has 2 nitrogen and oxygen atoms in total. The fraction of sp³-hybridized carbons (Fsp3) is 0.850. The van der Waals surface area contributed by atoms with Crippen molar-refractivity contribution >= 4 is 5.97 Å². The number of allylic oxidation sites excluding steroid dienone is 2. The Morgan fingerprint density at radius 2 is 1.45 bits per heavy atom. The maximum Gasteiger partial charge on any atom is 0.303 e. The lowest BCUT2D eigenvalue weighted by Crippen LogP contribution is -1.97. The van der Waals surface area contributed by atoms with Crippen LogP contribution in [-0.2, 0) is 4.79 Å². The minimum Gasteiger partial charge on any atom is -0.481 e. The van der Waals surface area contributed by atoms with Gasteiger partial charge < -0.3 is 5.11 Å². The van der Waals surface area contributed by atoms with Crippen molar-refractivity contribution in [1.82, 2.24) is 0 Å². The van der Waals surface area contributed by atoms with E-state index >= 15 is 0 Å². The second-order valence-corrected chi connectivity index (χ2v) is 6.70. The Labute approximate surface area is 138 Å². The van der Waals surface area contributed by atoms with Crippen molar-refractivity contribution in [2.45, 2.75) is 104 Å². The third-order valence-electron chi connectivity index (χ3n) is 4.30. The first-order valence-corrected chi connectivity index (χ1v) is 9.53. The summed E-state index contributed by atoms with van der Waals surface area (Å²) in [7, 11) is 0. The molecule has 0 spiro atoms. The van der Waals surface area contributed by atoms with Gasteiger partial charge in [-0.15, -0.1) is 0 Å². The number of carbonyl (C=O) groups is 1. The molecule has 130 valence electrons. The third kappa shape index (κ3) is 17.3. The van der Waals surface area contributed by atoms with Crippen LogP contribution in [0, 0.1) is 5.92 Å². The van der Waals surface area contributed by atoms with E-state index < -0.39 is 5.97 Å². The van der Waals surface area contributed by atoms with Crippen LogP contribution in [0.3, 0.4) is 0 Å². The van der Waals surface area contributed by atoms with Crippen LogP contribution in [0.15, 0.2) is 12.2 Å². The number of hydrogen-bond donors (Lipinski definition) is 1. The summed E-state index contributed by atoms with van der Waals surface area (Å²) in [5, 5.41) is 8.59. The lowest BCUT2D eigenvalue weighted by Gasteiger charge is -2.09. The summed E-state index contributed by atoms with van der Waals surface area (Å²) >= 11 is 0. The first kappa shape index (κ1) is 21.2. The van der Waals surface area contributed by atoms with Crippen molar-refractivity contribution < 1.29 is 9.90 Å². The Morgan fingerprint density at radius 1 is 0.864 bits per heavy atom. The van der Waals surface area contributed by atoms with E-state index in [0.717, 1.165) is 18.8 Å². The molecule has 1 unspecified atom stereocenters. The maximum absolute atomic E-state index is 10.4. The lowest BCUT2D eigenvalue weighted by atomic mass is 9.97. The predicted octanol–water partition coefficient (Wildman–Crippen LogP) is 6.74. The molecule has 0 aromatic rings. The van der Waals surface area contributed by atoms with Crippen LogP contribution >= 0.6 is 0 Å². The van der Waals surface area contributed by atoms with Gasteiger partial charge in [-0.3, -0.25) is 4.79 Å². The highest BCUT2D eigenvalue weighted by molar-refractivity contribution is 5.66. The van der Waals surface area contributed by atoms with Gasteiger partial charge in [0.2, 0.25) is 0 Å². The normalized spacial score (nSPS) is 12.8. The fourth-order valence-corrected chi connectivity index (χ4v) is 2.78. The van der Waals surface area contributed by atoms with Crippen molar-refractivity contribution in [2.24, 2.45) is 5.92 Å². The Morgan fingerprint density at radius 3 is 2.14 bits per heavy atom. The highest BCUT2D eigenvalue weighted by atomic mass is 16.4. The summed E-state index contributed by atoms with van der Waals surface area (Å²) in [5.41, 5.74) is 0. The van der Waals surface area contributed by atoms with Gasteiger partial charge in [0.25, 0.3) is 0 Å². The third-order valence-corrected chi connectivity index (χ3v) is 4.30. The van der Waals surface area contributed by atoms with Crippen LogP contribution in [0.4, 0.5) is 0 Å². The van der Waals surface area contributed by atoms with Gasteiger partial charge in [0.1, 0.15) is 0 Å². The number of unbranched alkanes of at least 4 members (excludes halogenated alkanes) is 8. The molecular formula is C20H38O2. The zero-order valence-corrected chi connectivity index (χ0v) is 15.0. The van der Waals surface area contributed by atoms with Crippen LogP contribution in [0.1, 0.15) is 104 Å². The van der Waals surface area contributed by atoms with Gasteiger partial charge in [-0.25, -0.2) is 0 Å². The van der Waals surface area contributed by atoms with Crippen molar-refractivity contribution in [1.29, 1.82) is 0 Å². The molecule has 0 aromatic carbocycles. The molecule has 0 aliphatic heterocycles. The number of rotatable bonds is 16. The van der Waals surface area contributed by atoms with Crippen LogP contribution in [-0.4, -0.2) is 11.1 Å². The summed E-state index contributed by atoms with van der Waals surface area (Å²) < 4.78 is 0. The monoisotopic (exact) mass is 310 g/mol. The van der Waals surface area contributed by atoms with Crippen molar-refractivity contribution in [3.05, 3.63) is 12.2 Å². The largest absolute Gasteiger partial charge is 0.481 e. The summed E-state index contributed by atoms with van der Waals surface area (Å²) in [6.07, 6.45) is 21.4. The zero-order chi connectivity index (χ0) is 16.5. The van der Waals surface area contributed by atoms with Crippen LogP contribution < -0.4 is 0 Å². The highest BCUT2D eigenvalue weighted by Crippen LogP contribution is 2.16. The SMILES string of the molecule is CCCCCCCCC=CCCCC(C)CCCCC(=O)O. The Kier molecular flexibility index (Phi) is 16.0. The summed E-state index contributed by atoms with van der Waals surface area (Å²) in [4.78, 5) is 10.4. The van der Waals surface area contributed by atoms with Gasteiger partial charge in [-0.05, 0) is 38.0 Å². The van der Waals surface area contributed by atoms with Gasteiger partial charge in [0, 0.05) is 6.42 Å². The lowest BCUT2D eigenvalue weighted by molar-refractivity contribution is -0.137. The number of aliphatic carboxylic acids is 1. The average Bonchev–Trinajstić information content (AvgIpc) is 2.49. The molecule has 1 atom stereocenters. The summed E-state index contributed by atoms with van der Waals surface area (Å²) in [6, 6.07) is 0. The molecule has 0 radical (unpaired) electrons.